The Morgan fingerprint density at radius 3 is 2.78 bits per heavy atom. The molecule has 2 aromatic heterocycles. The minimum atomic E-state index is 0.0223. The highest BCUT2D eigenvalue weighted by molar-refractivity contribution is 5.95. The first-order valence-electron chi connectivity index (χ1n) is 9.80. The van der Waals surface area contributed by atoms with Crippen molar-refractivity contribution < 1.29 is 4.79 Å². The van der Waals surface area contributed by atoms with Crippen LogP contribution < -0.4 is 5.32 Å². The molecule has 1 N–H and O–H groups in total. The van der Waals surface area contributed by atoms with Gasteiger partial charge in [0.05, 0.1) is 5.69 Å². The zero-order valence-electron chi connectivity index (χ0n) is 16.0. The normalized spacial score (nSPS) is 15.2. The summed E-state index contributed by atoms with van der Waals surface area (Å²) in [4.78, 5) is 17.1. The fourth-order valence-corrected chi connectivity index (χ4v) is 4.10. The summed E-state index contributed by atoms with van der Waals surface area (Å²) in [5, 5.41) is 8.81. The largest absolute Gasteiger partial charge is 0.352 e. The van der Waals surface area contributed by atoms with Crippen LogP contribution in [0.15, 0.2) is 36.5 Å². The number of hydrogen-bond acceptors (Lipinski definition) is 3. The standard InChI is InChI=1S/C22H26N4O/c1-15-7-6-8-17(13-15)19-11-12-23-22-21(19)16(2)25-26(22)14-20(27)24-18-9-4-3-5-10-18/h6-8,11-13,18H,3-5,9-10,14H2,1-2H3,(H,24,27). The molecule has 3 aromatic rings. The summed E-state index contributed by atoms with van der Waals surface area (Å²) >= 11 is 0. The molecule has 0 atom stereocenters. The number of amides is 1. The van der Waals surface area contributed by atoms with Crippen molar-refractivity contribution in [3.63, 3.8) is 0 Å². The molecule has 27 heavy (non-hydrogen) atoms. The maximum atomic E-state index is 12.5. The van der Waals surface area contributed by atoms with Gasteiger partial charge in [0.25, 0.3) is 0 Å². The molecule has 1 aromatic carbocycles. The van der Waals surface area contributed by atoms with Gasteiger partial charge < -0.3 is 5.32 Å². The number of fused-ring (bicyclic) bond motifs is 1. The molecule has 0 unspecified atom stereocenters. The number of rotatable bonds is 4. The van der Waals surface area contributed by atoms with Gasteiger partial charge in [0.15, 0.2) is 5.65 Å². The first-order valence-corrected chi connectivity index (χ1v) is 9.80. The Hall–Kier alpha value is -2.69. The number of nitrogens with one attached hydrogen (secondary N) is 1. The molecule has 0 bridgehead atoms. The molecule has 4 rings (SSSR count). The lowest BCUT2D eigenvalue weighted by atomic mass is 9.95. The summed E-state index contributed by atoms with van der Waals surface area (Å²) in [5.74, 6) is 0.0223. The second-order valence-electron chi connectivity index (χ2n) is 7.57. The fraction of sp³-hybridized carbons (Fsp3) is 0.409. The van der Waals surface area contributed by atoms with Crippen molar-refractivity contribution in [3.05, 3.63) is 47.8 Å². The molecule has 1 fully saturated rings. The van der Waals surface area contributed by atoms with Crippen molar-refractivity contribution in [2.75, 3.05) is 0 Å². The van der Waals surface area contributed by atoms with Crippen molar-refractivity contribution in [1.82, 2.24) is 20.1 Å². The van der Waals surface area contributed by atoms with Crippen LogP contribution in [0.3, 0.4) is 0 Å². The Bertz CT molecular complexity index is 970. The maximum Gasteiger partial charge on any atom is 0.242 e. The quantitative estimate of drug-likeness (QED) is 0.758. The molecule has 140 valence electrons. The molecule has 1 saturated carbocycles. The average Bonchev–Trinajstić information content (AvgIpc) is 2.98. The molecule has 0 spiro atoms. The SMILES string of the molecule is Cc1cccc(-c2ccnc3c2c(C)nn3CC(=O)NC2CCCCC2)c1. The zero-order chi connectivity index (χ0) is 18.8. The first kappa shape index (κ1) is 17.7. The molecular weight excluding hydrogens is 336 g/mol. The smallest absolute Gasteiger partial charge is 0.242 e. The van der Waals surface area contributed by atoms with E-state index in [4.69, 9.17) is 0 Å². The van der Waals surface area contributed by atoms with E-state index in [0.717, 1.165) is 40.7 Å². The van der Waals surface area contributed by atoms with Gasteiger partial charge >= 0.3 is 0 Å². The van der Waals surface area contributed by atoms with Crippen molar-refractivity contribution >= 4 is 16.9 Å². The summed E-state index contributed by atoms with van der Waals surface area (Å²) in [6.45, 7) is 4.29. The number of carbonyl (C=O) groups is 1. The maximum absolute atomic E-state index is 12.5. The molecule has 5 heteroatoms. The summed E-state index contributed by atoms with van der Waals surface area (Å²) in [7, 11) is 0. The third-order valence-corrected chi connectivity index (χ3v) is 5.40. The highest BCUT2D eigenvalue weighted by Crippen LogP contribution is 2.30. The van der Waals surface area contributed by atoms with Gasteiger partial charge in [0.1, 0.15) is 6.54 Å². The Kier molecular flexibility index (Phi) is 4.92. The average molecular weight is 362 g/mol. The second-order valence-corrected chi connectivity index (χ2v) is 7.57. The van der Waals surface area contributed by atoms with E-state index in [1.165, 1.54) is 24.8 Å². The molecule has 1 amide bonds. The van der Waals surface area contributed by atoms with Crippen LogP contribution in [-0.4, -0.2) is 26.7 Å². The number of benzene rings is 1. The van der Waals surface area contributed by atoms with Gasteiger partial charge in [-0.25, -0.2) is 9.67 Å². The van der Waals surface area contributed by atoms with Gasteiger partial charge in [0, 0.05) is 17.6 Å². The van der Waals surface area contributed by atoms with Crippen LogP contribution in [0, 0.1) is 13.8 Å². The van der Waals surface area contributed by atoms with E-state index >= 15 is 0 Å². The summed E-state index contributed by atoms with van der Waals surface area (Å²) in [6, 6.07) is 10.8. The first-order chi connectivity index (χ1) is 13.1. The van der Waals surface area contributed by atoms with E-state index in [2.05, 4.69) is 46.6 Å². The second kappa shape index (κ2) is 7.51. The van der Waals surface area contributed by atoms with Gasteiger partial charge in [-0.3, -0.25) is 4.79 Å². The molecule has 1 aliphatic carbocycles. The highest BCUT2D eigenvalue weighted by atomic mass is 16.2. The van der Waals surface area contributed by atoms with Crippen LogP contribution in [0.5, 0.6) is 0 Å². The topological polar surface area (TPSA) is 59.8 Å². The monoisotopic (exact) mass is 362 g/mol. The summed E-state index contributed by atoms with van der Waals surface area (Å²) in [5.41, 5.74) is 5.15. The predicted octanol–water partition coefficient (Wildman–Crippen LogP) is 4.16. The molecule has 0 aliphatic heterocycles. The van der Waals surface area contributed by atoms with E-state index in [1.54, 1.807) is 10.9 Å². The summed E-state index contributed by atoms with van der Waals surface area (Å²) in [6.07, 6.45) is 7.66. The number of aromatic nitrogens is 3. The Labute approximate surface area is 159 Å². The van der Waals surface area contributed by atoms with Crippen molar-refractivity contribution in [2.45, 2.75) is 58.5 Å². The summed E-state index contributed by atoms with van der Waals surface area (Å²) < 4.78 is 1.74. The zero-order valence-corrected chi connectivity index (χ0v) is 16.0. The molecule has 1 aliphatic rings. The van der Waals surface area contributed by atoms with E-state index < -0.39 is 0 Å². The number of pyridine rings is 1. The van der Waals surface area contributed by atoms with Crippen LogP contribution in [0.4, 0.5) is 0 Å². The van der Waals surface area contributed by atoms with Gasteiger partial charge in [0.2, 0.25) is 5.91 Å². The van der Waals surface area contributed by atoms with E-state index in [0.29, 0.717) is 6.04 Å². The van der Waals surface area contributed by atoms with Crippen LogP contribution in [0.1, 0.15) is 43.4 Å². The van der Waals surface area contributed by atoms with Gasteiger partial charge in [-0.15, -0.1) is 0 Å². The minimum Gasteiger partial charge on any atom is -0.352 e. The number of nitrogens with zero attached hydrogens (tertiary/aromatic N) is 3. The Morgan fingerprint density at radius 2 is 2.00 bits per heavy atom. The Morgan fingerprint density at radius 1 is 1.19 bits per heavy atom. The molecule has 5 nitrogen and oxygen atoms in total. The molecule has 2 heterocycles. The third kappa shape index (κ3) is 3.72. The lowest BCUT2D eigenvalue weighted by molar-refractivity contribution is -0.122. The van der Waals surface area contributed by atoms with Crippen molar-refractivity contribution in [1.29, 1.82) is 0 Å². The fourth-order valence-electron chi connectivity index (χ4n) is 4.10. The minimum absolute atomic E-state index is 0.0223. The number of hydrogen-bond donors (Lipinski definition) is 1. The molecule has 0 radical (unpaired) electrons. The van der Waals surface area contributed by atoms with Crippen LogP contribution >= 0.6 is 0 Å². The number of aryl methyl sites for hydroxylation is 2. The molecule has 0 saturated heterocycles. The molecular formula is C22H26N4O. The van der Waals surface area contributed by atoms with Crippen LogP contribution in [-0.2, 0) is 11.3 Å². The predicted molar refractivity (Wildman–Crippen MR) is 107 cm³/mol. The van der Waals surface area contributed by atoms with Crippen LogP contribution in [0.2, 0.25) is 0 Å². The van der Waals surface area contributed by atoms with E-state index in [1.807, 2.05) is 13.0 Å². The van der Waals surface area contributed by atoms with E-state index in [-0.39, 0.29) is 12.5 Å². The van der Waals surface area contributed by atoms with Gasteiger partial charge in [-0.2, -0.15) is 5.10 Å². The van der Waals surface area contributed by atoms with Crippen molar-refractivity contribution in [3.8, 4) is 11.1 Å². The van der Waals surface area contributed by atoms with Crippen molar-refractivity contribution in [2.24, 2.45) is 0 Å². The van der Waals surface area contributed by atoms with E-state index in [9.17, 15) is 4.79 Å². The van der Waals surface area contributed by atoms with Gasteiger partial charge in [-0.1, -0.05) is 49.1 Å². The highest BCUT2D eigenvalue weighted by Gasteiger charge is 2.19. The number of carbonyl (C=O) groups excluding carboxylic acids is 1. The van der Waals surface area contributed by atoms with Crippen LogP contribution in [0.25, 0.3) is 22.2 Å². The third-order valence-electron chi connectivity index (χ3n) is 5.40. The lowest BCUT2D eigenvalue weighted by Crippen LogP contribution is -2.38. The van der Waals surface area contributed by atoms with Gasteiger partial charge in [-0.05, 0) is 43.9 Å². The Balaban J connectivity index is 1.63. The lowest BCUT2D eigenvalue weighted by Gasteiger charge is -2.22.